The summed E-state index contributed by atoms with van der Waals surface area (Å²) in [5.74, 6) is 0.381. The third-order valence-corrected chi connectivity index (χ3v) is 3.76. The van der Waals surface area contributed by atoms with Crippen LogP contribution in [0.25, 0.3) is 0 Å². The van der Waals surface area contributed by atoms with Gasteiger partial charge in [-0.2, -0.15) is 8.42 Å². The van der Waals surface area contributed by atoms with Crippen molar-refractivity contribution in [3.8, 4) is 0 Å². The fourth-order valence-corrected chi connectivity index (χ4v) is 2.61. The molecule has 1 aliphatic heterocycles. The third-order valence-electron chi connectivity index (χ3n) is 3.76. The van der Waals surface area contributed by atoms with Crippen LogP contribution in [-0.2, 0) is 10.4 Å². The SMILES string of the molecule is Cc1ccc(C(=O)[C@@H](C)CN2CCCCC2)cc1.O=S(=O)(O)O. The van der Waals surface area contributed by atoms with Crippen molar-refractivity contribution in [3.05, 3.63) is 35.4 Å². The van der Waals surface area contributed by atoms with Crippen LogP contribution in [0.2, 0.25) is 0 Å². The van der Waals surface area contributed by atoms with Crippen molar-refractivity contribution in [1.29, 1.82) is 0 Å². The molecule has 0 bridgehead atoms. The van der Waals surface area contributed by atoms with Crippen LogP contribution in [-0.4, -0.2) is 47.8 Å². The predicted molar refractivity (Wildman–Crippen MR) is 89.1 cm³/mol. The van der Waals surface area contributed by atoms with Crippen molar-refractivity contribution < 1.29 is 22.3 Å². The molecule has 130 valence electrons. The summed E-state index contributed by atoms with van der Waals surface area (Å²) < 4.78 is 31.6. The van der Waals surface area contributed by atoms with E-state index in [0.29, 0.717) is 0 Å². The lowest BCUT2D eigenvalue weighted by atomic mass is 9.97. The Kier molecular flexibility index (Phi) is 7.84. The zero-order valence-electron chi connectivity index (χ0n) is 13.6. The molecule has 0 unspecified atom stereocenters. The monoisotopic (exact) mass is 343 g/mol. The minimum Gasteiger partial charge on any atom is -0.303 e. The van der Waals surface area contributed by atoms with Crippen molar-refractivity contribution in [2.75, 3.05) is 19.6 Å². The van der Waals surface area contributed by atoms with Gasteiger partial charge in [0.25, 0.3) is 0 Å². The Bertz CT molecular complexity index is 583. The van der Waals surface area contributed by atoms with Crippen LogP contribution >= 0.6 is 0 Å². The first-order valence-corrected chi connectivity index (χ1v) is 9.09. The molecule has 6 nitrogen and oxygen atoms in total. The number of likely N-dealkylation sites (tertiary alicyclic amines) is 1. The van der Waals surface area contributed by atoms with Gasteiger partial charge in [0.1, 0.15) is 0 Å². The molecule has 0 aromatic heterocycles. The van der Waals surface area contributed by atoms with E-state index >= 15 is 0 Å². The quantitative estimate of drug-likeness (QED) is 0.645. The van der Waals surface area contributed by atoms with Crippen molar-refractivity contribution in [2.45, 2.75) is 33.1 Å². The lowest BCUT2D eigenvalue weighted by Crippen LogP contribution is -2.35. The Morgan fingerprint density at radius 2 is 1.61 bits per heavy atom. The summed E-state index contributed by atoms with van der Waals surface area (Å²) in [4.78, 5) is 14.7. The second kappa shape index (κ2) is 9.12. The van der Waals surface area contributed by atoms with Crippen LogP contribution in [0.15, 0.2) is 24.3 Å². The van der Waals surface area contributed by atoms with E-state index in [1.54, 1.807) is 0 Å². The Morgan fingerprint density at radius 3 is 2.09 bits per heavy atom. The Hall–Kier alpha value is -1.28. The van der Waals surface area contributed by atoms with Crippen molar-refractivity contribution in [3.63, 3.8) is 0 Å². The molecule has 0 aliphatic carbocycles. The molecule has 1 saturated heterocycles. The third kappa shape index (κ3) is 8.80. The fourth-order valence-electron chi connectivity index (χ4n) is 2.61. The smallest absolute Gasteiger partial charge is 0.303 e. The minimum absolute atomic E-state index is 0.103. The average Bonchev–Trinajstić information content (AvgIpc) is 2.46. The summed E-state index contributed by atoms with van der Waals surface area (Å²) in [5, 5.41) is 0. The fraction of sp³-hybridized carbons (Fsp3) is 0.562. The van der Waals surface area contributed by atoms with Gasteiger partial charge < -0.3 is 4.90 Å². The number of piperidine rings is 1. The number of hydrogen-bond donors (Lipinski definition) is 2. The van der Waals surface area contributed by atoms with E-state index < -0.39 is 10.4 Å². The van der Waals surface area contributed by atoms with E-state index in [1.165, 1.54) is 24.8 Å². The Morgan fingerprint density at radius 1 is 1.13 bits per heavy atom. The lowest BCUT2D eigenvalue weighted by Gasteiger charge is -2.28. The molecule has 7 heteroatoms. The maximum absolute atomic E-state index is 12.3. The van der Waals surface area contributed by atoms with Crippen LogP contribution in [0.3, 0.4) is 0 Å². The minimum atomic E-state index is -4.67. The first kappa shape index (κ1) is 19.8. The molecule has 1 fully saturated rings. The number of nitrogens with zero attached hydrogens (tertiary/aromatic N) is 1. The highest BCUT2D eigenvalue weighted by Gasteiger charge is 2.19. The van der Waals surface area contributed by atoms with Gasteiger partial charge in [0, 0.05) is 18.0 Å². The largest absolute Gasteiger partial charge is 0.394 e. The molecular weight excluding hydrogens is 318 g/mol. The maximum atomic E-state index is 12.3. The Labute approximate surface area is 138 Å². The van der Waals surface area contributed by atoms with Crippen molar-refractivity contribution in [1.82, 2.24) is 4.90 Å². The first-order chi connectivity index (χ1) is 10.7. The van der Waals surface area contributed by atoms with Gasteiger partial charge in [-0.25, -0.2) is 0 Å². The molecular formula is C16H25NO5S. The summed E-state index contributed by atoms with van der Waals surface area (Å²) in [6, 6.07) is 7.93. The number of rotatable bonds is 4. The van der Waals surface area contributed by atoms with Crippen molar-refractivity contribution in [2.24, 2.45) is 5.92 Å². The molecule has 2 rings (SSSR count). The number of Topliss-reactive ketones (excluding diaryl/α,β-unsaturated/α-hetero) is 1. The molecule has 1 heterocycles. The van der Waals surface area contributed by atoms with Gasteiger partial charge in [0.2, 0.25) is 0 Å². The van der Waals surface area contributed by atoms with Crippen molar-refractivity contribution >= 4 is 16.2 Å². The van der Waals surface area contributed by atoms with E-state index in [9.17, 15) is 4.79 Å². The lowest BCUT2D eigenvalue weighted by molar-refractivity contribution is 0.0883. The number of hydrogen-bond acceptors (Lipinski definition) is 4. The van der Waals surface area contributed by atoms with E-state index in [-0.39, 0.29) is 11.7 Å². The van der Waals surface area contributed by atoms with Gasteiger partial charge in [-0.05, 0) is 32.9 Å². The predicted octanol–water partition coefficient (Wildman–Crippen LogP) is 2.65. The number of carbonyl (C=O) groups is 1. The first-order valence-electron chi connectivity index (χ1n) is 7.70. The summed E-state index contributed by atoms with van der Waals surface area (Å²) in [5.41, 5.74) is 2.06. The van der Waals surface area contributed by atoms with Crippen LogP contribution in [0, 0.1) is 12.8 Å². The number of aryl methyl sites for hydroxylation is 1. The van der Waals surface area contributed by atoms with E-state index in [2.05, 4.69) is 11.8 Å². The number of benzene rings is 1. The van der Waals surface area contributed by atoms with Gasteiger partial charge in [-0.1, -0.05) is 43.2 Å². The molecule has 1 aliphatic rings. The van der Waals surface area contributed by atoms with E-state index in [4.69, 9.17) is 17.5 Å². The Balaban J connectivity index is 0.000000463. The number of ketones is 1. The summed E-state index contributed by atoms with van der Waals surface area (Å²) in [6.45, 7) is 7.33. The summed E-state index contributed by atoms with van der Waals surface area (Å²) in [6.07, 6.45) is 3.91. The normalized spacial score (nSPS) is 17.0. The molecule has 0 amide bonds. The highest BCUT2D eigenvalue weighted by molar-refractivity contribution is 7.79. The molecule has 23 heavy (non-hydrogen) atoms. The van der Waals surface area contributed by atoms with Crippen LogP contribution in [0.1, 0.15) is 42.1 Å². The summed E-state index contributed by atoms with van der Waals surface area (Å²) in [7, 11) is -4.67. The molecule has 0 spiro atoms. The van der Waals surface area contributed by atoms with E-state index in [0.717, 1.165) is 25.2 Å². The van der Waals surface area contributed by atoms with Crippen LogP contribution in [0.4, 0.5) is 0 Å². The highest BCUT2D eigenvalue weighted by atomic mass is 32.3. The second-order valence-corrected chi connectivity index (χ2v) is 6.84. The van der Waals surface area contributed by atoms with E-state index in [1.807, 2.05) is 31.2 Å². The molecule has 0 radical (unpaired) electrons. The zero-order valence-corrected chi connectivity index (χ0v) is 14.4. The number of carbonyl (C=O) groups excluding carboxylic acids is 1. The van der Waals surface area contributed by atoms with Gasteiger partial charge in [-0.3, -0.25) is 13.9 Å². The zero-order chi connectivity index (χ0) is 17.5. The molecule has 1 atom stereocenters. The van der Waals surface area contributed by atoms with Gasteiger partial charge in [0.15, 0.2) is 5.78 Å². The second-order valence-electron chi connectivity index (χ2n) is 5.94. The summed E-state index contributed by atoms with van der Waals surface area (Å²) >= 11 is 0. The molecule has 0 saturated carbocycles. The topological polar surface area (TPSA) is 94.9 Å². The molecule has 1 aromatic rings. The molecule has 1 aromatic carbocycles. The highest BCUT2D eigenvalue weighted by Crippen LogP contribution is 2.15. The average molecular weight is 343 g/mol. The standard InChI is InChI=1S/C16H23NO.H2O4S/c1-13-6-8-15(9-7-13)16(18)14(2)12-17-10-4-3-5-11-17;1-5(2,3)4/h6-9,14H,3-5,10-12H2,1-2H3;(H2,1,2,3,4)/t14-;/m0./s1. The molecule has 2 N–H and O–H groups in total. The van der Waals surface area contributed by atoms with Crippen LogP contribution in [0.5, 0.6) is 0 Å². The van der Waals surface area contributed by atoms with Gasteiger partial charge >= 0.3 is 10.4 Å². The van der Waals surface area contributed by atoms with Gasteiger partial charge in [-0.15, -0.1) is 0 Å². The maximum Gasteiger partial charge on any atom is 0.394 e. The van der Waals surface area contributed by atoms with Gasteiger partial charge in [0.05, 0.1) is 0 Å². The van der Waals surface area contributed by atoms with Crippen LogP contribution < -0.4 is 0 Å².